The Balaban J connectivity index is 1.81. The van der Waals surface area contributed by atoms with Crippen molar-refractivity contribution in [3.8, 4) is 17.6 Å². The van der Waals surface area contributed by atoms with Gasteiger partial charge in [-0.15, -0.1) is 0 Å². The van der Waals surface area contributed by atoms with Crippen molar-refractivity contribution in [3.05, 3.63) is 91.3 Å². The highest BCUT2D eigenvalue weighted by atomic mass is 79.9. The Morgan fingerprint density at radius 3 is 2.53 bits per heavy atom. The van der Waals surface area contributed by atoms with Gasteiger partial charge in [-0.3, -0.25) is 4.79 Å². The number of ether oxygens (including phenoxy) is 2. The summed E-state index contributed by atoms with van der Waals surface area (Å²) in [5, 5.41) is 12.9. The normalized spacial score (nSPS) is 10.9. The maximum Gasteiger partial charge on any atom is 0.266 e. The minimum atomic E-state index is -0.514. The summed E-state index contributed by atoms with van der Waals surface area (Å²) >= 11 is 12.8. The van der Waals surface area contributed by atoms with E-state index in [4.69, 9.17) is 21.1 Å². The van der Waals surface area contributed by atoms with Gasteiger partial charge < -0.3 is 14.8 Å². The fourth-order valence-corrected chi connectivity index (χ4v) is 3.71. The molecular formula is C24H17Br2ClN2O3. The molecule has 0 saturated heterocycles. The molecule has 1 amide bonds. The lowest BCUT2D eigenvalue weighted by Gasteiger charge is -2.13. The van der Waals surface area contributed by atoms with Crippen molar-refractivity contribution < 1.29 is 14.3 Å². The zero-order valence-corrected chi connectivity index (χ0v) is 20.8. The first-order valence-electron chi connectivity index (χ1n) is 9.33. The van der Waals surface area contributed by atoms with Crippen molar-refractivity contribution in [3.63, 3.8) is 0 Å². The van der Waals surface area contributed by atoms with E-state index in [0.29, 0.717) is 38.9 Å². The molecule has 0 heterocycles. The number of carbonyl (C=O) groups excluding carboxylic acids is 1. The fraction of sp³-hybridized carbons (Fsp3) is 0.0833. The highest BCUT2D eigenvalue weighted by Gasteiger charge is 2.14. The van der Waals surface area contributed by atoms with Gasteiger partial charge in [-0.2, -0.15) is 5.26 Å². The molecule has 0 saturated carbocycles. The summed E-state index contributed by atoms with van der Waals surface area (Å²) in [7, 11) is 1.52. The highest BCUT2D eigenvalue weighted by molar-refractivity contribution is 9.10. The van der Waals surface area contributed by atoms with Gasteiger partial charge in [0.1, 0.15) is 18.2 Å². The zero-order valence-electron chi connectivity index (χ0n) is 16.9. The van der Waals surface area contributed by atoms with Crippen LogP contribution in [0.1, 0.15) is 11.1 Å². The standard InChI is InChI=1S/C24H17Br2ClN2O3/c1-31-22-10-16(9-17(13-28)24(30)29-20-4-2-3-18(25)11-20)21(26)12-23(22)32-14-15-5-7-19(27)8-6-15/h2-12H,14H2,1H3,(H,29,30)/b17-9-. The van der Waals surface area contributed by atoms with Crippen LogP contribution in [0, 0.1) is 11.3 Å². The number of carbonyl (C=O) groups is 1. The third-order valence-corrected chi connectivity index (χ3v) is 5.77. The number of hydrogen-bond acceptors (Lipinski definition) is 4. The summed E-state index contributed by atoms with van der Waals surface area (Å²) in [6.07, 6.45) is 1.49. The van der Waals surface area contributed by atoms with E-state index in [1.54, 1.807) is 42.5 Å². The lowest BCUT2D eigenvalue weighted by molar-refractivity contribution is -0.112. The Hall–Kier alpha value is -2.79. The molecule has 1 N–H and O–H groups in total. The number of nitrogens with one attached hydrogen (secondary N) is 1. The van der Waals surface area contributed by atoms with E-state index in [0.717, 1.165) is 10.0 Å². The Morgan fingerprint density at radius 1 is 1.12 bits per heavy atom. The Labute approximate surface area is 207 Å². The number of amides is 1. The molecule has 0 aromatic heterocycles. The molecule has 0 bridgehead atoms. The molecule has 8 heteroatoms. The molecular weight excluding hydrogens is 560 g/mol. The molecule has 3 rings (SSSR count). The first-order chi connectivity index (χ1) is 15.4. The Bertz CT molecular complexity index is 1200. The fourth-order valence-electron chi connectivity index (χ4n) is 2.74. The minimum absolute atomic E-state index is 0.0532. The van der Waals surface area contributed by atoms with E-state index in [2.05, 4.69) is 37.2 Å². The quantitative estimate of drug-likeness (QED) is 0.243. The minimum Gasteiger partial charge on any atom is -0.493 e. The van der Waals surface area contributed by atoms with E-state index in [9.17, 15) is 10.1 Å². The summed E-state index contributed by atoms with van der Waals surface area (Å²) in [5.41, 5.74) is 2.07. The van der Waals surface area contributed by atoms with Crippen LogP contribution in [0.4, 0.5) is 5.69 Å². The Morgan fingerprint density at radius 2 is 1.88 bits per heavy atom. The molecule has 0 aliphatic rings. The highest BCUT2D eigenvalue weighted by Crippen LogP contribution is 2.35. The second-order valence-corrected chi connectivity index (χ2v) is 8.78. The average Bonchev–Trinajstić information content (AvgIpc) is 2.78. The van der Waals surface area contributed by atoms with E-state index >= 15 is 0 Å². The molecule has 162 valence electrons. The molecule has 0 spiro atoms. The smallest absolute Gasteiger partial charge is 0.266 e. The second kappa shape index (κ2) is 11.2. The van der Waals surface area contributed by atoms with Crippen LogP contribution in [0.25, 0.3) is 6.08 Å². The summed E-state index contributed by atoms with van der Waals surface area (Å²) in [6, 6.07) is 19.9. The van der Waals surface area contributed by atoms with Crippen molar-refractivity contribution in [2.45, 2.75) is 6.61 Å². The third-order valence-electron chi connectivity index (χ3n) is 4.34. The lowest BCUT2D eigenvalue weighted by Crippen LogP contribution is -2.13. The predicted octanol–water partition coefficient (Wildman–Crippen LogP) is 7.00. The van der Waals surface area contributed by atoms with Crippen LogP contribution < -0.4 is 14.8 Å². The van der Waals surface area contributed by atoms with Crippen LogP contribution in [-0.4, -0.2) is 13.0 Å². The van der Waals surface area contributed by atoms with Gasteiger partial charge in [-0.05, 0) is 59.7 Å². The van der Waals surface area contributed by atoms with E-state index in [1.807, 2.05) is 24.3 Å². The van der Waals surface area contributed by atoms with Crippen molar-refractivity contribution in [1.29, 1.82) is 5.26 Å². The van der Waals surface area contributed by atoms with Crippen LogP contribution in [0.15, 0.2) is 75.2 Å². The SMILES string of the molecule is COc1cc(/C=C(/C#N)C(=O)Nc2cccc(Br)c2)c(Br)cc1OCc1ccc(Cl)cc1. The molecule has 32 heavy (non-hydrogen) atoms. The molecule has 5 nitrogen and oxygen atoms in total. The molecule has 0 unspecified atom stereocenters. The van der Waals surface area contributed by atoms with Crippen molar-refractivity contribution in [1.82, 2.24) is 0 Å². The molecule has 0 radical (unpaired) electrons. The van der Waals surface area contributed by atoms with Gasteiger partial charge in [-0.1, -0.05) is 61.7 Å². The number of nitrogens with zero attached hydrogens (tertiary/aromatic N) is 1. The topological polar surface area (TPSA) is 71.3 Å². The van der Waals surface area contributed by atoms with Crippen LogP contribution >= 0.6 is 43.5 Å². The third kappa shape index (κ3) is 6.36. The molecule has 0 atom stereocenters. The number of methoxy groups -OCH3 is 1. The van der Waals surface area contributed by atoms with Gasteiger partial charge in [0, 0.05) is 19.7 Å². The van der Waals surface area contributed by atoms with Crippen LogP contribution in [0.2, 0.25) is 5.02 Å². The molecule has 3 aromatic carbocycles. The average molecular weight is 577 g/mol. The second-order valence-electron chi connectivity index (χ2n) is 6.57. The van der Waals surface area contributed by atoms with Gasteiger partial charge in [0.25, 0.3) is 5.91 Å². The van der Waals surface area contributed by atoms with E-state index in [1.165, 1.54) is 13.2 Å². The van der Waals surface area contributed by atoms with Crippen LogP contribution in [-0.2, 0) is 11.4 Å². The van der Waals surface area contributed by atoms with Crippen LogP contribution in [0.5, 0.6) is 11.5 Å². The molecule has 3 aromatic rings. The molecule has 0 aliphatic carbocycles. The van der Waals surface area contributed by atoms with Crippen molar-refractivity contribution >= 4 is 61.1 Å². The van der Waals surface area contributed by atoms with Gasteiger partial charge in [-0.25, -0.2) is 0 Å². The zero-order chi connectivity index (χ0) is 23.1. The van der Waals surface area contributed by atoms with Crippen LogP contribution in [0.3, 0.4) is 0 Å². The first-order valence-corrected chi connectivity index (χ1v) is 11.3. The van der Waals surface area contributed by atoms with Crippen molar-refractivity contribution in [2.75, 3.05) is 12.4 Å². The number of hydrogen-bond donors (Lipinski definition) is 1. The summed E-state index contributed by atoms with van der Waals surface area (Å²) in [5.74, 6) is 0.473. The maximum atomic E-state index is 12.6. The monoisotopic (exact) mass is 574 g/mol. The number of rotatable bonds is 7. The number of nitriles is 1. The molecule has 0 fully saturated rings. The van der Waals surface area contributed by atoms with Gasteiger partial charge in [0.05, 0.1) is 7.11 Å². The van der Waals surface area contributed by atoms with E-state index in [-0.39, 0.29) is 5.57 Å². The van der Waals surface area contributed by atoms with Gasteiger partial charge in [0.15, 0.2) is 11.5 Å². The number of benzene rings is 3. The largest absolute Gasteiger partial charge is 0.493 e. The predicted molar refractivity (Wildman–Crippen MR) is 133 cm³/mol. The van der Waals surface area contributed by atoms with E-state index < -0.39 is 5.91 Å². The maximum absolute atomic E-state index is 12.6. The number of halogens is 3. The van der Waals surface area contributed by atoms with Crippen molar-refractivity contribution in [2.24, 2.45) is 0 Å². The van der Waals surface area contributed by atoms with Gasteiger partial charge in [0.2, 0.25) is 0 Å². The Kier molecular flexibility index (Phi) is 8.34. The first kappa shape index (κ1) is 23.9. The summed E-state index contributed by atoms with van der Waals surface area (Å²) in [4.78, 5) is 12.6. The number of anilines is 1. The summed E-state index contributed by atoms with van der Waals surface area (Å²) < 4.78 is 12.8. The summed E-state index contributed by atoms with van der Waals surface area (Å²) in [6.45, 7) is 0.327. The van der Waals surface area contributed by atoms with Gasteiger partial charge >= 0.3 is 0 Å². The molecule has 0 aliphatic heterocycles. The lowest BCUT2D eigenvalue weighted by atomic mass is 10.1.